The van der Waals surface area contributed by atoms with Gasteiger partial charge in [0.05, 0.1) is 37.6 Å². The molecule has 1 N–H and O–H groups in total. The van der Waals surface area contributed by atoms with Gasteiger partial charge in [-0.3, -0.25) is 14.4 Å². The average molecular weight is 459 g/mol. The Morgan fingerprint density at radius 3 is 2.68 bits per heavy atom. The number of rotatable bonds is 2. The smallest absolute Gasteiger partial charge is 0.216 e. The van der Waals surface area contributed by atoms with E-state index in [1.165, 1.54) is 32.1 Å². The Morgan fingerprint density at radius 2 is 1.76 bits per heavy atom. The molecule has 4 heterocycles. The highest BCUT2D eigenvalue weighted by atomic mass is 16.5. The van der Waals surface area contributed by atoms with Gasteiger partial charge in [-0.1, -0.05) is 37.5 Å². The van der Waals surface area contributed by atoms with Crippen LogP contribution in [0.15, 0.2) is 47.5 Å². The molecule has 1 aliphatic carbocycles. The molecule has 0 saturated heterocycles. The van der Waals surface area contributed by atoms with Gasteiger partial charge in [-0.25, -0.2) is 9.98 Å². The molecule has 7 rings (SSSR count). The number of guanidine groups is 1. The third-order valence-electron chi connectivity index (χ3n) is 7.50. The lowest BCUT2D eigenvalue weighted by Gasteiger charge is -2.44. The maximum Gasteiger partial charge on any atom is 0.216 e. The van der Waals surface area contributed by atoms with Crippen molar-refractivity contribution >= 4 is 22.9 Å². The first-order chi connectivity index (χ1) is 16.8. The predicted molar refractivity (Wildman–Crippen MR) is 131 cm³/mol. The Labute approximate surface area is 199 Å². The van der Waals surface area contributed by atoms with Crippen molar-refractivity contribution in [2.75, 3.05) is 31.5 Å². The fourth-order valence-corrected chi connectivity index (χ4v) is 5.74. The molecule has 1 aromatic heterocycles. The number of para-hydroxylation sites is 2. The summed E-state index contributed by atoms with van der Waals surface area (Å²) in [6.45, 7) is 2.91. The van der Waals surface area contributed by atoms with Crippen molar-refractivity contribution in [1.82, 2.24) is 19.8 Å². The molecule has 3 aliphatic heterocycles. The highest BCUT2D eigenvalue weighted by molar-refractivity contribution is 5.98. The van der Waals surface area contributed by atoms with Crippen LogP contribution in [-0.4, -0.2) is 53.0 Å². The van der Waals surface area contributed by atoms with Gasteiger partial charge in [-0.15, -0.1) is 0 Å². The number of fused-ring (bicyclic) bond motifs is 6. The first-order valence-electron chi connectivity index (χ1n) is 12.5. The van der Waals surface area contributed by atoms with Gasteiger partial charge in [0.1, 0.15) is 6.17 Å². The maximum absolute atomic E-state index is 6.00. The van der Waals surface area contributed by atoms with Crippen LogP contribution in [0.25, 0.3) is 11.0 Å². The molecular weight excluding hydrogens is 428 g/mol. The second-order valence-corrected chi connectivity index (χ2v) is 9.65. The van der Waals surface area contributed by atoms with Crippen molar-refractivity contribution in [3.8, 4) is 11.5 Å². The van der Waals surface area contributed by atoms with E-state index < -0.39 is 0 Å². The zero-order chi connectivity index (χ0) is 22.5. The molecule has 1 atom stereocenters. The SMILES string of the molecule is c1ccc2c(c1)nc1n2C(c2ccc3c(c2)OCCCO3)NC2=NCN(C3CCCCC3)CN21. The van der Waals surface area contributed by atoms with Crippen LogP contribution in [-0.2, 0) is 0 Å². The lowest BCUT2D eigenvalue weighted by atomic mass is 9.94. The number of nitrogens with zero attached hydrogens (tertiary/aromatic N) is 5. The van der Waals surface area contributed by atoms with E-state index in [4.69, 9.17) is 19.5 Å². The monoisotopic (exact) mass is 458 g/mol. The zero-order valence-corrected chi connectivity index (χ0v) is 19.3. The predicted octanol–water partition coefficient (Wildman–Crippen LogP) is 4.07. The highest BCUT2D eigenvalue weighted by Gasteiger charge is 2.37. The fourth-order valence-electron chi connectivity index (χ4n) is 5.74. The van der Waals surface area contributed by atoms with Crippen molar-refractivity contribution in [3.05, 3.63) is 48.0 Å². The van der Waals surface area contributed by atoms with Crippen molar-refractivity contribution in [3.63, 3.8) is 0 Å². The van der Waals surface area contributed by atoms with Crippen LogP contribution in [0.2, 0.25) is 0 Å². The summed E-state index contributed by atoms with van der Waals surface area (Å²) in [7, 11) is 0. The van der Waals surface area contributed by atoms with Crippen molar-refractivity contribution in [2.45, 2.75) is 50.7 Å². The second-order valence-electron chi connectivity index (χ2n) is 9.65. The number of ether oxygens (including phenoxy) is 2. The van der Waals surface area contributed by atoms with Gasteiger partial charge < -0.3 is 14.8 Å². The molecule has 1 unspecified atom stereocenters. The van der Waals surface area contributed by atoms with E-state index in [9.17, 15) is 0 Å². The van der Waals surface area contributed by atoms with Gasteiger partial charge in [-0.2, -0.15) is 0 Å². The molecule has 8 heteroatoms. The van der Waals surface area contributed by atoms with Crippen LogP contribution in [0.5, 0.6) is 11.5 Å². The van der Waals surface area contributed by atoms with Crippen LogP contribution in [0.4, 0.5) is 5.95 Å². The molecule has 0 amide bonds. The van der Waals surface area contributed by atoms with E-state index >= 15 is 0 Å². The molecule has 176 valence electrons. The number of aliphatic imine (C=N–C) groups is 1. The Kier molecular flexibility index (Phi) is 4.86. The Balaban J connectivity index is 1.31. The quantitative estimate of drug-likeness (QED) is 0.624. The number of aromatic nitrogens is 2. The second kappa shape index (κ2) is 8.20. The van der Waals surface area contributed by atoms with Gasteiger partial charge in [0.2, 0.25) is 11.9 Å². The largest absolute Gasteiger partial charge is 0.490 e. The van der Waals surface area contributed by atoms with Crippen LogP contribution in [0, 0.1) is 0 Å². The lowest BCUT2D eigenvalue weighted by molar-refractivity contribution is 0.156. The first kappa shape index (κ1) is 20.1. The summed E-state index contributed by atoms with van der Waals surface area (Å²) in [5.74, 6) is 3.45. The maximum atomic E-state index is 6.00. The molecule has 0 bridgehead atoms. The number of imidazole rings is 1. The molecule has 3 aromatic rings. The summed E-state index contributed by atoms with van der Waals surface area (Å²) >= 11 is 0. The van der Waals surface area contributed by atoms with Crippen molar-refractivity contribution in [1.29, 1.82) is 0 Å². The van der Waals surface area contributed by atoms with Crippen LogP contribution >= 0.6 is 0 Å². The Morgan fingerprint density at radius 1 is 0.912 bits per heavy atom. The fraction of sp³-hybridized carbons (Fsp3) is 0.462. The van der Waals surface area contributed by atoms with E-state index in [-0.39, 0.29) is 6.17 Å². The molecule has 0 radical (unpaired) electrons. The molecule has 4 aliphatic rings. The third kappa shape index (κ3) is 3.31. The number of hydrogen-bond donors (Lipinski definition) is 1. The van der Waals surface area contributed by atoms with Crippen LogP contribution < -0.4 is 19.7 Å². The van der Waals surface area contributed by atoms with Gasteiger partial charge in [0, 0.05) is 12.5 Å². The Hall–Kier alpha value is -3.26. The standard InChI is InChI=1S/C26H30N6O2/c1-2-7-19(8-3-1)30-16-27-25-29-24(18-11-12-22-23(15-18)34-14-6-13-33-22)32-21-10-5-4-9-20(21)28-26(32)31(25)17-30/h4-5,9-12,15,19,24H,1-3,6-8,13-14,16-17H2,(H,27,29). The summed E-state index contributed by atoms with van der Waals surface area (Å²) in [5, 5.41) is 3.73. The summed E-state index contributed by atoms with van der Waals surface area (Å²) in [6, 6.07) is 15.2. The lowest BCUT2D eigenvalue weighted by Crippen LogP contribution is -2.59. The summed E-state index contributed by atoms with van der Waals surface area (Å²) in [5.41, 5.74) is 3.20. The topological polar surface area (TPSA) is 67.2 Å². The minimum absolute atomic E-state index is 0.129. The van der Waals surface area contributed by atoms with Crippen LogP contribution in [0.3, 0.4) is 0 Å². The highest BCUT2D eigenvalue weighted by Crippen LogP contribution is 2.38. The van der Waals surface area contributed by atoms with Crippen molar-refractivity contribution in [2.24, 2.45) is 4.99 Å². The first-order valence-corrected chi connectivity index (χ1v) is 12.5. The van der Waals surface area contributed by atoms with E-state index in [2.05, 4.69) is 56.1 Å². The molecule has 34 heavy (non-hydrogen) atoms. The molecule has 1 saturated carbocycles. The normalized spacial score (nSPS) is 23.0. The van der Waals surface area contributed by atoms with Gasteiger partial charge in [0.15, 0.2) is 11.5 Å². The number of nitrogens with one attached hydrogen (secondary N) is 1. The molecular formula is C26H30N6O2. The van der Waals surface area contributed by atoms with E-state index in [0.29, 0.717) is 19.3 Å². The minimum atomic E-state index is -0.129. The number of benzene rings is 2. The average Bonchev–Trinajstić information content (AvgIpc) is 3.13. The van der Waals surface area contributed by atoms with E-state index in [1.54, 1.807) is 0 Å². The summed E-state index contributed by atoms with van der Waals surface area (Å²) in [6.07, 6.45) is 7.30. The zero-order valence-electron chi connectivity index (χ0n) is 19.3. The molecule has 8 nitrogen and oxygen atoms in total. The minimum Gasteiger partial charge on any atom is -0.490 e. The summed E-state index contributed by atoms with van der Waals surface area (Å²) in [4.78, 5) is 14.8. The summed E-state index contributed by atoms with van der Waals surface area (Å²) < 4.78 is 14.2. The molecule has 1 fully saturated rings. The molecule has 2 aromatic carbocycles. The number of hydrogen-bond acceptors (Lipinski definition) is 7. The Bertz CT molecular complexity index is 1250. The van der Waals surface area contributed by atoms with Crippen molar-refractivity contribution < 1.29 is 9.47 Å². The third-order valence-corrected chi connectivity index (χ3v) is 7.50. The van der Waals surface area contributed by atoms with E-state index in [0.717, 1.165) is 59.8 Å². The molecule has 0 spiro atoms. The van der Waals surface area contributed by atoms with Gasteiger partial charge >= 0.3 is 0 Å². The van der Waals surface area contributed by atoms with E-state index in [1.807, 2.05) is 6.07 Å². The van der Waals surface area contributed by atoms with Gasteiger partial charge in [-0.05, 0) is 42.7 Å². The van der Waals surface area contributed by atoms with Gasteiger partial charge in [0.25, 0.3) is 0 Å². The van der Waals surface area contributed by atoms with Crippen LogP contribution in [0.1, 0.15) is 50.3 Å². The number of anilines is 1.